The molecular formula is C24H23N2O3+. The number of quaternary nitrogens is 1. The summed E-state index contributed by atoms with van der Waals surface area (Å²) >= 11 is 0. The molecule has 0 bridgehead atoms. The maximum absolute atomic E-state index is 12.1. The predicted octanol–water partition coefficient (Wildman–Crippen LogP) is 2.52. The average molecular weight is 387 g/mol. The topological polar surface area (TPSA) is 63.8 Å². The van der Waals surface area contributed by atoms with Gasteiger partial charge < -0.3 is 14.6 Å². The first kappa shape index (κ1) is 18.9. The Morgan fingerprint density at radius 2 is 1.76 bits per heavy atom. The highest BCUT2D eigenvalue weighted by molar-refractivity contribution is 6.07. The molecule has 0 saturated heterocycles. The summed E-state index contributed by atoms with van der Waals surface area (Å²) in [7, 11) is 3.72. The molecule has 29 heavy (non-hydrogen) atoms. The lowest BCUT2D eigenvalue weighted by Crippen LogP contribution is -3.06. The van der Waals surface area contributed by atoms with Gasteiger partial charge in [0, 0.05) is 35.2 Å². The number of carbonyl (C=O) groups excluding carboxylic acids is 1. The van der Waals surface area contributed by atoms with E-state index in [0.717, 1.165) is 33.8 Å². The Bertz CT molecular complexity index is 1240. The van der Waals surface area contributed by atoms with Crippen LogP contribution in [0.3, 0.4) is 0 Å². The van der Waals surface area contributed by atoms with Crippen molar-refractivity contribution in [2.45, 2.75) is 13.1 Å². The van der Waals surface area contributed by atoms with Crippen molar-refractivity contribution in [1.82, 2.24) is 5.32 Å². The van der Waals surface area contributed by atoms with Crippen LogP contribution in [0, 0.1) is 0 Å². The summed E-state index contributed by atoms with van der Waals surface area (Å²) in [6.45, 7) is 1.47. The van der Waals surface area contributed by atoms with Crippen LogP contribution in [-0.2, 0) is 13.1 Å². The third-order valence-electron chi connectivity index (χ3n) is 5.16. The molecule has 5 nitrogen and oxygen atoms in total. The van der Waals surface area contributed by atoms with Crippen molar-refractivity contribution in [3.8, 4) is 0 Å². The molecule has 0 saturated carbocycles. The molecule has 0 aliphatic heterocycles. The quantitative estimate of drug-likeness (QED) is 0.409. The lowest BCUT2D eigenvalue weighted by molar-refractivity contribution is -0.907. The van der Waals surface area contributed by atoms with E-state index in [4.69, 9.17) is 4.42 Å². The molecule has 1 heterocycles. The number of carbonyl (C=O) groups is 1. The van der Waals surface area contributed by atoms with Gasteiger partial charge >= 0.3 is 5.63 Å². The highest BCUT2D eigenvalue weighted by Gasteiger charge is 2.14. The number of fused-ring (bicyclic) bond motifs is 3. The van der Waals surface area contributed by atoms with E-state index in [1.165, 1.54) is 4.90 Å². The van der Waals surface area contributed by atoms with Crippen molar-refractivity contribution < 1.29 is 14.1 Å². The Hall–Kier alpha value is -3.44. The van der Waals surface area contributed by atoms with Crippen LogP contribution < -0.4 is 15.8 Å². The fourth-order valence-electron chi connectivity index (χ4n) is 3.81. The van der Waals surface area contributed by atoms with E-state index in [1.807, 2.05) is 48.5 Å². The van der Waals surface area contributed by atoms with Gasteiger partial charge in [0.2, 0.25) is 0 Å². The molecule has 0 aliphatic carbocycles. The molecule has 0 fully saturated rings. The summed E-state index contributed by atoms with van der Waals surface area (Å²) < 4.78 is 5.45. The van der Waals surface area contributed by atoms with Crippen LogP contribution in [0.5, 0.6) is 0 Å². The van der Waals surface area contributed by atoms with Gasteiger partial charge in [-0.3, -0.25) is 4.79 Å². The van der Waals surface area contributed by atoms with E-state index in [0.29, 0.717) is 17.7 Å². The minimum atomic E-state index is -0.328. The Labute approximate surface area is 168 Å². The lowest BCUT2D eigenvalue weighted by Gasteiger charge is -2.16. The summed E-state index contributed by atoms with van der Waals surface area (Å²) in [5.41, 5.74) is 3.05. The minimum absolute atomic E-state index is 0.0911. The first-order chi connectivity index (χ1) is 14.0. The van der Waals surface area contributed by atoms with Crippen LogP contribution in [0.2, 0.25) is 0 Å². The van der Waals surface area contributed by atoms with Gasteiger partial charge in [0.1, 0.15) is 18.7 Å². The van der Waals surface area contributed by atoms with Crippen LogP contribution in [-0.4, -0.2) is 20.0 Å². The maximum atomic E-state index is 12.1. The van der Waals surface area contributed by atoms with Gasteiger partial charge in [0.25, 0.3) is 5.91 Å². The molecule has 2 N–H and O–H groups in total. The van der Waals surface area contributed by atoms with Crippen LogP contribution in [0.1, 0.15) is 21.5 Å². The molecule has 0 radical (unpaired) electrons. The third-order valence-corrected chi connectivity index (χ3v) is 5.16. The van der Waals surface area contributed by atoms with Crippen molar-refractivity contribution in [2.75, 3.05) is 14.1 Å². The largest absolute Gasteiger partial charge is 0.423 e. The third kappa shape index (κ3) is 3.91. The second-order valence-electron chi connectivity index (χ2n) is 7.34. The molecule has 0 aliphatic rings. The number of benzene rings is 3. The SMILES string of the molecule is CNC(=O)c1ccc(C[NH+](C)Cc2cc(=O)oc3ccc4ccccc4c23)cc1. The maximum Gasteiger partial charge on any atom is 0.336 e. The number of hydrogen-bond acceptors (Lipinski definition) is 3. The Morgan fingerprint density at radius 1 is 1.00 bits per heavy atom. The smallest absolute Gasteiger partial charge is 0.336 e. The number of nitrogens with one attached hydrogen (secondary N) is 2. The first-order valence-electron chi connectivity index (χ1n) is 9.62. The van der Waals surface area contributed by atoms with E-state index < -0.39 is 0 Å². The molecular weight excluding hydrogens is 364 g/mol. The molecule has 1 aromatic heterocycles. The zero-order valence-corrected chi connectivity index (χ0v) is 16.5. The van der Waals surface area contributed by atoms with Crippen LogP contribution in [0.4, 0.5) is 0 Å². The zero-order chi connectivity index (χ0) is 20.4. The van der Waals surface area contributed by atoms with Gasteiger partial charge in [-0.2, -0.15) is 0 Å². The van der Waals surface area contributed by atoms with E-state index in [2.05, 4.69) is 24.5 Å². The van der Waals surface area contributed by atoms with E-state index in [9.17, 15) is 9.59 Å². The predicted molar refractivity (Wildman–Crippen MR) is 114 cm³/mol. The number of hydrogen-bond donors (Lipinski definition) is 2. The Kier molecular flexibility index (Phi) is 5.14. The zero-order valence-electron chi connectivity index (χ0n) is 16.5. The normalized spacial score (nSPS) is 12.2. The standard InChI is InChI=1S/C24H22N2O3/c1-25-24(28)18-9-7-16(8-10-18)14-26(2)15-19-13-22(27)29-21-12-11-17-5-3-4-6-20(17)23(19)21/h3-13H,14-15H2,1-2H3,(H,25,28)/p+1. The van der Waals surface area contributed by atoms with Crippen molar-refractivity contribution >= 4 is 27.6 Å². The molecule has 0 spiro atoms. The molecule has 4 rings (SSSR count). The summed E-state index contributed by atoms with van der Waals surface area (Å²) in [6.07, 6.45) is 0. The first-order valence-corrected chi connectivity index (χ1v) is 9.62. The van der Waals surface area contributed by atoms with E-state index >= 15 is 0 Å². The molecule has 5 heteroatoms. The average Bonchev–Trinajstić information content (AvgIpc) is 2.73. The number of rotatable bonds is 5. The highest BCUT2D eigenvalue weighted by Crippen LogP contribution is 2.27. The molecule has 4 aromatic rings. The van der Waals surface area contributed by atoms with Crippen molar-refractivity contribution in [1.29, 1.82) is 0 Å². The van der Waals surface area contributed by atoms with Crippen molar-refractivity contribution in [3.63, 3.8) is 0 Å². The Morgan fingerprint density at radius 3 is 2.52 bits per heavy atom. The molecule has 1 atom stereocenters. The fourth-order valence-corrected chi connectivity index (χ4v) is 3.81. The fraction of sp³-hybridized carbons (Fsp3) is 0.167. The second-order valence-corrected chi connectivity index (χ2v) is 7.34. The summed E-state index contributed by atoms with van der Waals surface area (Å²) in [4.78, 5) is 25.0. The molecule has 3 aromatic carbocycles. The van der Waals surface area contributed by atoms with Gasteiger partial charge in [-0.05, 0) is 29.0 Å². The summed E-state index contributed by atoms with van der Waals surface area (Å²) in [5, 5.41) is 5.84. The molecule has 1 unspecified atom stereocenters. The van der Waals surface area contributed by atoms with E-state index in [-0.39, 0.29) is 11.5 Å². The van der Waals surface area contributed by atoms with Gasteiger partial charge in [-0.1, -0.05) is 42.5 Å². The van der Waals surface area contributed by atoms with Crippen LogP contribution in [0.15, 0.2) is 75.9 Å². The van der Waals surface area contributed by atoms with Gasteiger partial charge in [0.05, 0.1) is 7.05 Å². The van der Waals surface area contributed by atoms with Gasteiger partial charge in [0.15, 0.2) is 0 Å². The lowest BCUT2D eigenvalue weighted by atomic mass is 10.0. The Balaban J connectivity index is 1.64. The van der Waals surface area contributed by atoms with E-state index in [1.54, 1.807) is 13.1 Å². The molecule has 146 valence electrons. The highest BCUT2D eigenvalue weighted by atomic mass is 16.4. The summed E-state index contributed by atoms with van der Waals surface area (Å²) in [6, 6.07) is 21.2. The monoisotopic (exact) mass is 387 g/mol. The summed E-state index contributed by atoms with van der Waals surface area (Å²) in [5.74, 6) is -0.0911. The van der Waals surface area contributed by atoms with Gasteiger partial charge in [-0.15, -0.1) is 0 Å². The van der Waals surface area contributed by atoms with Crippen molar-refractivity contribution in [2.24, 2.45) is 0 Å². The van der Waals surface area contributed by atoms with Gasteiger partial charge in [-0.25, -0.2) is 4.79 Å². The molecule has 1 amide bonds. The van der Waals surface area contributed by atoms with Crippen LogP contribution >= 0.6 is 0 Å². The number of amides is 1. The van der Waals surface area contributed by atoms with Crippen molar-refractivity contribution in [3.05, 3.63) is 93.8 Å². The minimum Gasteiger partial charge on any atom is -0.423 e. The van der Waals surface area contributed by atoms with Crippen LogP contribution in [0.25, 0.3) is 21.7 Å². The second kappa shape index (κ2) is 7.89.